The second-order valence-electron chi connectivity index (χ2n) is 5.73. The Labute approximate surface area is 143 Å². The van der Waals surface area contributed by atoms with E-state index in [9.17, 15) is 4.79 Å². The molecule has 0 aliphatic carbocycles. The lowest BCUT2D eigenvalue weighted by Crippen LogP contribution is -2.35. The Hall–Kier alpha value is -0.850. The second-order valence-corrected chi connectivity index (χ2v) is 6.68. The number of amides is 1. The van der Waals surface area contributed by atoms with E-state index in [-0.39, 0.29) is 24.4 Å². The van der Waals surface area contributed by atoms with Crippen molar-refractivity contribution < 1.29 is 4.79 Å². The molecule has 1 aromatic heterocycles. The van der Waals surface area contributed by atoms with Crippen molar-refractivity contribution in [1.82, 2.24) is 14.9 Å². The van der Waals surface area contributed by atoms with Crippen molar-refractivity contribution in [2.45, 2.75) is 45.3 Å². The Kier molecular flexibility index (Phi) is 9.64. The first-order valence-corrected chi connectivity index (χ1v) is 8.22. The third-order valence-electron chi connectivity index (χ3n) is 3.37. The zero-order valence-electron chi connectivity index (χ0n) is 14.0. The highest BCUT2D eigenvalue weighted by molar-refractivity contribution is 7.99. The Balaban J connectivity index is 0.00000441. The Bertz CT molecular complexity index is 464. The van der Waals surface area contributed by atoms with Gasteiger partial charge in [-0.15, -0.1) is 12.4 Å². The number of nitrogens with zero attached hydrogens (tertiary/aromatic N) is 3. The second kappa shape index (κ2) is 10.0. The minimum Gasteiger partial charge on any atom is -0.345 e. The predicted molar refractivity (Wildman–Crippen MR) is 94.5 cm³/mol. The minimum absolute atomic E-state index is 0. The standard InChI is InChI=1S/C15H26N4OS.ClH/c1-10(2)13(16)6-7-19(5)14(20)9-21-15-17-11(3)8-12(4)18-15;/h8,10,13H,6-7,9,16H2,1-5H3;1H. The summed E-state index contributed by atoms with van der Waals surface area (Å²) in [4.78, 5) is 22.5. The van der Waals surface area contributed by atoms with Crippen molar-refractivity contribution in [3.8, 4) is 0 Å². The van der Waals surface area contributed by atoms with Gasteiger partial charge in [-0.3, -0.25) is 4.79 Å². The van der Waals surface area contributed by atoms with Crippen molar-refractivity contribution in [3.05, 3.63) is 17.5 Å². The van der Waals surface area contributed by atoms with E-state index in [1.807, 2.05) is 27.0 Å². The number of nitrogens with two attached hydrogens (primary N) is 1. The van der Waals surface area contributed by atoms with Gasteiger partial charge in [0.15, 0.2) is 5.16 Å². The molecule has 0 saturated carbocycles. The summed E-state index contributed by atoms with van der Waals surface area (Å²) >= 11 is 1.38. The van der Waals surface area contributed by atoms with Gasteiger partial charge in [0.1, 0.15) is 0 Å². The van der Waals surface area contributed by atoms with Crippen LogP contribution in [0.3, 0.4) is 0 Å². The third kappa shape index (κ3) is 7.42. The van der Waals surface area contributed by atoms with Gasteiger partial charge in [-0.05, 0) is 32.3 Å². The Morgan fingerprint density at radius 1 is 1.32 bits per heavy atom. The summed E-state index contributed by atoms with van der Waals surface area (Å²) in [7, 11) is 1.82. The van der Waals surface area contributed by atoms with Crippen LogP contribution in [0.5, 0.6) is 0 Å². The molecule has 1 amide bonds. The summed E-state index contributed by atoms with van der Waals surface area (Å²) in [6.45, 7) is 8.74. The zero-order valence-corrected chi connectivity index (χ0v) is 15.6. The zero-order chi connectivity index (χ0) is 16.0. The first-order valence-electron chi connectivity index (χ1n) is 7.24. The molecule has 1 atom stereocenters. The van der Waals surface area contributed by atoms with Crippen molar-refractivity contribution in [3.63, 3.8) is 0 Å². The summed E-state index contributed by atoms with van der Waals surface area (Å²) in [5.74, 6) is 0.876. The van der Waals surface area contributed by atoms with Crippen LogP contribution >= 0.6 is 24.2 Å². The van der Waals surface area contributed by atoms with Crippen LogP contribution in [-0.2, 0) is 4.79 Å². The number of aryl methyl sites for hydroxylation is 2. The molecule has 0 bridgehead atoms. The topological polar surface area (TPSA) is 72.1 Å². The molecule has 5 nitrogen and oxygen atoms in total. The van der Waals surface area contributed by atoms with Gasteiger partial charge in [-0.25, -0.2) is 9.97 Å². The maximum atomic E-state index is 12.1. The van der Waals surface area contributed by atoms with Gasteiger partial charge in [0, 0.05) is 31.0 Å². The quantitative estimate of drug-likeness (QED) is 0.606. The number of hydrogen-bond acceptors (Lipinski definition) is 5. The Morgan fingerprint density at radius 3 is 2.36 bits per heavy atom. The fourth-order valence-electron chi connectivity index (χ4n) is 1.80. The molecule has 0 aliphatic heterocycles. The van der Waals surface area contributed by atoms with Gasteiger partial charge in [0.05, 0.1) is 5.75 Å². The lowest BCUT2D eigenvalue weighted by atomic mass is 10.0. The molecule has 1 rings (SSSR count). The molecule has 2 N–H and O–H groups in total. The van der Waals surface area contributed by atoms with Crippen molar-refractivity contribution in [2.75, 3.05) is 19.3 Å². The predicted octanol–water partition coefficient (Wildman–Crippen LogP) is 2.44. The highest BCUT2D eigenvalue weighted by Crippen LogP contribution is 2.14. The molecule has 0 spiro atoms. The molecule has 0 aliphatic rings. The van der Waals surface area contributed by atoms with Gasteiger partial charge >= 0.3 is 0 Å². The number of aromatic nitrogens is 2. The van der Waals surface area contributed by atoms with E-state index in [1.165, 1.54) is 11.8 Å². The normalized spacial score (nSPS) is 12.0. The first-order chi connectivity index (χ1) is 9.79. The number of hydrogen-bond donors (Lipinski definition) is 1. The molecular formula is C15H27ClN4OS. The molecule has 1 heterocycles. The number of halogens is 1. The molecule has 0 saturated heterocycles. The smallest absolute Gasteiger partial charge is 0.232 e. The summed E-state index contributed by atoms with van der Waals surface area (Å²) in [6.07, 6.45) is 0.824. The van der Waals surface area contributed by atoms with Crippen molar-refractivity contribution >= 4 is 30.1 Å². The minimum atomic E-state index is 0. The third-order valence-corrected chi connectivity index (χ3v) is 4.20. The van der Waals surface area contributed by atoms with E-state index in [4.69, 9.17) is 5.73 Å². The number of carbonyl (C=O) groups excluding carboxylic acids is 1. The summed E-state index contributed by atoms with van der Waals surface area (Å²) < 4.78 is 0. The lowest BCUT2D eigenvalue weighted by molar-refractivity contribution is -0.127. The van der Waals surface area contributed by atoms with Crippen LogP contribution < -0.4 is 5.73 Å². The van der Waals surface area contributed by atoms with Gasteiger partial charge in [-0.1, -0.05) is 25.6 Å². The van der Waals surface area contributed by atoms with Crippen molar-refractivity contribution in [1.29, 1.82) is 0 Å². The van der Waals surface area contributed by atoms with Crippen LogP contribution in [-0.4, -0.2) is 46.2 Å². The van der Waals surface area contributed by atoms with Crippen LogP contribution in [0, 0.1) is 19.8 Å². The molecule has 1 aromatic rings. The van der Waals surface area contributed by atoms with E-state index in [0.717, 1.165) is 17.8 Å². The molecule has 1 unspecified atom stereocenters. The average molecular weight is 347 g/mol. The highest BCUT2D eigenvalue weighted by Gasteiger charge is 2.13. The molecule has 7 heteroatoms. The van der Waals surface area contributed by atoms with E-state index in [0.29, 0.717) is 23.4 Å². The van der Waals surface area contributed by atoms with E-state index in [1.54, 1.807) is 4.90 Å². The number of carbonyl (C=O) groups is 1. The molecule has 0 fully saturated rings. The maximum Gasteiger partial charge on any atom is 0.232 e. The average Bonchev–Trinajstić information content (AvgIpc) is 2.40. The molecule has 0 aromatic carbocycles. The molecule has 22 heavy (non-hydrogen) atoms. The van der Waals surface area contributed by atoms with E-state index >= 15 is 0 Å². The van der Waals surface area contributed by atoms with Crippen LogP contribution in [0.25, 0.3) is 0 Å². The first kappa shape index (κ1) is 21.1. The van der Waals surface area contributed by atoms with Gasteiger partial charge in [0.25, 0.3) is 0 Å². The summed E-state index contributed by atoms with van der Waals surface area (Å²) in [5.41, 5.74) is 7.85. The maximum absolute atomic E-state index is 12.1. The van der Waals surface area contributed by atoms with Crippen LogP contribution in [0.2, 0.25) is 0 Å². The number of thioether (sulfide) groups is 1. The van der Waals surface area contributed by atoms with Crippen molar-refractivity contribution in [2.24, 2.45) is 11.7 Å². The molecule has 0 radical (unpaired) electrons. The molecule has 126 valence electrons. The summed E-state index contributed by atoms with van der Waals surface area (Å²) in [5, 5.41) is 0.660. The van der Waals surface area contributed by atoms with Crippen LogP contribution in [0.4, 0.5) is 0 Å². The SMILES string of the molecule is Cc1cc(C)nc(SCC(=O)N(C)CCC(N)C(C)C)n1.Cl. The van der Waals surface area contributed by atoms with Gasteiger partial charge in [-0.2, -0.15) is 0 Å². The Morgan fingerprint density at radius 2 is 1.86 bits per heavy atom. The van der Waals surface area contributed by atoms with Crippen LogP contribution in [0.1, 0.15) is 31.7 Å². The number of rotatable bonds is 7. The van der Waals surface area contributed by atoms with Gasteiger partial charge in [0.2, 0.25) is 5.91 Å². The van der Waals surface area contributed by atoms with Crippen LogP contribution in [0.15, 0.2) is 11.2 Å². The van der Waals surface area contributed by atoms with E-state index < -0.39 is 0 Å². The summed E-state index contributed by atoms with van der Waals surface area (Å²) in [6, 6.07) is 2.06. The molecular weight excluding hydrogens is 320 g/mol. The monoisotopic (exact) mass is 346 g/mol. The fraction of sp³-hybridized carbons (Fsp3) is 0.667. The highest BCUT2D eigenvalue weighted by atomic mass is 35.5. The largest absolute Gasteiger partial charge is 0.345 e. The fourth-order valence-corrected chi connectivity index (χ4v) is 2.69. The van der Waals surface area contributed by atoms with Gasteiger partial charge < -0.3 is 10.6 Å². The van der Waals surface area contributed by atoms with E-state index in [2.05, 4.69) is 23.8 Å². The lowest BCUT2D eigenvalue weighted by Gasteiger charge is -2.21.